The Bertz CT molecular complexity index is 328. The maximum atomic E-state index is 5.61. The van der Waals surface area contributed by atoms with E-state index >= 15 is 0 Å². The highest BCUT2D eigenvalue weighted by Crippen LogP contribution is 2.51. The minimum atomic E-state index is 0.298. The lowest BCUT2D eigenvalue weighted by molar-refractivity contribution is 0.251. The standard InChI is InChI=1S/C9H16O.C8H14O/c1-6-4-8-9(3,10-8)5-7(6)2;1-5-3-7-8(9-7)4-6(5)2/h6-8H,4-5H2,1-3H3;5-8H,3-4H2,1-2H3. The fourth-order valence-electron chi connectivity index (χ4n) is 3.97. The summed E-state index contributed by atoms with van der Waals surface area (Å²) in [5.41, 5.74) is 0.298. The van der Waals surface area contributed by atoms with E-state index in [1.54, 1.807) is 0 Å². The van der Waals surface area contributed by atoms with Gasteiger partial charge in [0.1, 0.15) is 0 Å². The molecule has 0 amide bonds. The molecule has 2 saturated heterocycles. The van der Waals surface area contributed by atoms with Gasteiger partial charge in [0.05, 0.1) is 23.9 Å². The van der Waals surface area contributed by atoms with Gasteiger partial charge in [-0.2, -0.15) is 0 Å². The van der Waals surface area contributed by atoms with Gasteiger partial charge in [0.15, 0.2) is 0 Å². The zero-order valence-electron chi connectivity index (χ0n) is 13.2. The van der Waals surface area contributed by atoms with E-state index in [1.165, 1.54) is 25.7 Å². The highest BCUT2D eigenvalue weighted by molar-refractivity contribution is 5.04. The Morgan fingerprint density at radius 2 is 1.32 bits per heavy atom. The summed E-state index contributed by atoms with van der Waals surface area (Å²) in [4.78, 5) is 0. The van der Waals surface area contributed by atoms with Crippen molar-refractivity contribution in [3.8, 4) is 0 Å². The second kappa shape index (κ2) is 4.73. The Morgan fingerprint density at radius 3 is 1.84 bits per heavy atom. The Kier molecular flexibility index (Phi) is 3.46. The summed E-state index contributed by atoms with van der Waals surface area (Å²) in [6.45, 7) is 11.6. The molecule has 0 aromatic carbocycles. The van der Waals surface area contributed by atoms with Gasteiger partial charge in [-0.15, -0.1) is 0 Å². The van der Waals surface area contributed by atoms with Crippen LogP contribution in [0.15, 0.2) is 0 Å². The molecule has 0 bridgehead atoms. The molecule has 0 radical (unpaired) electrons. The van der Waals surface area contributed by atoms with E-state index in [-0.39, 0.29) is 0 Å². The average molecular weight is 266 g/mol. The van der Waals surface area contributed by atoms with Crippen molar-refractivity contribution in [1.82, 2.24) is 0 Å². The van der Waals surface area contributed by atoms with Gasteiger partial charge in [-0.1, -0.05) is 27.7 Å². The zero-order chi connectivity index (χ0) is 13.8. The van der Waals surface area contributed by atoms with E-state index < -0.39 is 0 Å². The van der Waals surface area contributed by atoms with Gasteiger partial charge in [-0.05, 0) is 56.3 Å². The van der Waals surface area contributed by atoms with E-state index in [1.807, 2.05) is 0 Å². The molecule has 2 aliphatic heterocycles. The van der Waals surface area contributed by atoms with E-state index in [2.05, 4.69) is 34.6 Å². The molecule has 0 N–H and O–H groups in total. The minimum Gasteiger partial charge on any atom is -0.370 e. The number of fused-ring (bicyclic) bond motifs is 2. The lowest BCUT2D eigenvalue weighted by atomic mass is 9.77. The van der Waals surface area contributed by atoms with Crippen LogP contribution in [-0.2, 0) is 9.47 Å². The third-order valence-corrected chi connectivity index (χ3v) is 6.19. The van der Waals surface area contributed by atoms with Crippen molar-refractivity contribution < 1.29 is 9.47 Å². The fraction of sp³-hybridized carbons (Fsp3) is 1.00. The van der Waals surface area contributed by atoms with E-state index in [9.17, 15) is 0 Å². The van der Waals surface area contributed by atoms with Crippen molar-refractivity contribution in [3.05, 3.63) is 0 Å². The van der Waals surface area contributed by atoms with Crippen LogP contribution in [0.1, 0.15) is 60.3 Å². The number of ether oxygens (including phenoxy) is 2. The van der Waals surface area contributed by atoms with Crippen LogP contribution in [0.4, 0.5) is 0 Å². The number of rotatable bonds is 0. The van der Waals surface area contributed by atoms with Crippen LogP contribution >= 0.6 is 0 Å². The molecule has 2 aliphatic carbocycles. The van der Waals surface area contributed by atoms with Crippen molar-refractivity contribution in [1.29, 1.82) is 0 Å². The molecule has 2 heteroatoms. The third-order valence-electron chi connectivity index (χ3n) is 6.19. The van der Waals surface area contributed by atoms with Crippen molar-refractivity contribution in [2.24, 2.45) is 23.7 Å². The molecule has 0 aromatic rings. The van der Waals surface area contributed by atoms with Crippen molar-refractivity contribution >= 4 is 0 Å². The predicted molar refractivity (Wildman–Crippen MR) is 77.1 cm³/mol. The third kappa shape index (κ3) is 2.85. The van der Waals surface area contributed by atoms with Crippen LogP contribution in [-0.4, -0.2) is 23.9 Å². The van der Waals surface area contributed by atoms with E-state index in [4.69, 9.17) is 9.47 Å². The Morgan fingerprint density at radius 1 is 0.789 bits per heavy atom. The lowest BCUT2D eigenvalue weighted by Gasteiger charge is -2.25. The molecule has 110 valence electrons. The summed E-state index contributed by atoms with van der Waals surface area (Å²) in [5.74, 6) is 3.53. The largest absolute Gasteiger partial charge is 0.370 e. The van der Waals surface area contributed by atoms with Crippen molar-refractivity contribution in [3.63, 3.8) is 0 Å². The Hall–Kier alpha value is -0.0800. The maximum absolute atomic E-state index is 5.61. The smallest absolute Gasteiger partial charge is 0.0923 e. The first-order chi connectivity index (χ1) is 8.89. The molecule has 4 fully saturated rings. The lowest BCUT2D eigenvalue weighted by Crippen LogP contribution is -2.26. The SMILES string of the molecule is CC1CC2OC2(C)CC1C.CC1CC2OC2CC1C. The van der Waals surface area contributed by atoms with E-state index in [0.717, 1.165) is 23.7 Å². The second-order valence-electron chi connectivity index (χ2n) is 7.95. The molecule has 8 atom stereocenters. The molecule has 0 aromatic heterocycles. The Balaban J connectivity index is 0.000000117. The van der Waals surface area contributed by atoms with Gasteiger partial charge < -0.3 is 9.47 Å². The van der Waals surface area contributed by atoms with Crippen LogP contribution in [0.3, 0.4) is 0 Å². The topological polar surface area (TPSA) is 25.1 Å². The number of epoxide rings is 2. The molecular weight excluding hydrogens is 236 g/mol. The molecule has 2 nitrogen and oxygen atoms in total. The minimum absolute atomic E-state index is 0.298. The molecular formula is C17H30O2. The van der Waals surface area contributed by atoms with Gasteiger partial charge >= 0.3 is 0 Å². The van der Waals surface area contributed by atoms with Gasteiger partial charge in [0.2, 0.25) is 0 Å². The summed E-state index contributed by atoms with van der Waals surface area (Å²) in [6, 6.07) is 0. The number of hydrogen-bond donors (Lipinski definition) is 0. The quantitative estimate of drug-likeness (QED) is 0.618. The molecule has 8 unspecified atom stereocenters. The van der Waals surface area contributed by atoms with Crippen molar-refractivity contribution in [2.45, 2.75) is 84.2 Å². The molecule has 4 aliphatic rings. The van der Waals surface area contributed by atoms with Crippen LogP contribution in [0.25, 0.3) is 0 Å². The highest BCUT2D eigenvalue weighted by atomic mass is 16.6. The van der Waals surface area contributed by atoms with Gasteiger partial charge in [-0.25, -0.2) is 0 Å². The molecule has 19 heavy (non-hydrogen) atoms. The van der Waals surface area contributed by atoms with Gasteiger partial charge in [0, 0.05) is 0 Å². The summed E-state index contributed by atoms with van der Waals surface area (Å²) in [5, 5.41) is 0. The summed E-state index contributed by atoms with van der Waals surface area (Å²) < 4.78 is 11.0. The first-order valence-corrected chi connectivity index (χ1v) is 8.22. The average Bonchev–Trinajstić information content (AvgIpc) is 3.18. The van der Waals surface area contributed by atoms with Gasteiger partial charge in [-0.3, -0.25) is 0 Å². The normalized spacial score (nSPS) is 58.3. The number of hydrogen-bond acceptors (Lipinski definition) is 2. The monoisotopic (exact) mass is 266 g/mol. The summed E-state index contributed by atoms with van der Waals surface area (Å²) in [7, 11) is 0. The first kappa shape index (κ1) is 13.9. The molecule has 4 rings (SSSR count). The zero-order valence-corrected chi connectivity index (χ0v) is 13.2. The Labute approximate surface area is 118 Å². The molecule has 2 saturated carbocycles. The van der Waals surface area contributed by atoms with Crippen LogP contribution in [0, 0.1) is 23.7 Å². The molecule has 2 heterocycles. The molecule has 0 spiro atoms. The van der Waals surface area contributed by atoms with Crippen LogP contribution in [0.2, 0.25) is 0 Å². The fourth-order valence-corrected chi connectivity index (χ4v) is 3.97. The van der Waals surface area contributed by atoms with E-state index in [0.29, 0.717) is 23.9 Å². The van der Waals surface area contributed by atoms with Crippen LogP contribution in [0.5, 0.6) is 0 Å². The second-order valence-corrected chi connectivity index (χ2v) is 7.95. The van der Waals surface area contributed by atoms with Crippen molar-refractivity contribution in [2.75, 3.05) is 0 Å². The summed E-state index contributed by atoms with van der Waals surface area (Å²) in [6.07, 6.45) is 7.12. The predicted octanol–water partition coefficient (Wildman–Crippen LogP) is 4.03. The summed E-state index contributed by atoms with van der Waals surface area (Å²) >= 11 is 0. The van der Waals surface area contributed by atoms with Crippen LogP contribution < -0.4 is 0 Å². The highest BCUT2D eigenvalue weighted by Gasteiger charge is 2.56. The first-order valence-electron chi connectivity index (χ1n) is 8.22. The maximum Gasteiger partial charge on any atom is 0.0923 e. The van der Waals surface area contributed by atoms with Gasteiger partial charge in [0.25, 0.3) is 0 Å².